The first kappa shape index (κ1) is 20.5. The highest BCUT2D eigenvalue weighted by molar-refractivity contribution is 7.99. The Bertz CT molecular complexity index is 1080. The lowest BCUT2D eigenvalue weighted by molar-refractivity contribution is -0.113. The van der Waals surface area contributed by atoms with Gasteiger partial charge in [-0.2, -0.15) is 0 Å². The summed E-state index contributed by atoms with van der Waals surface area (Å²) >= 11 is 2.76. The SMILES string of the molecule is CCOC(=O)c1c(NC(=O)CSc2nnc(-c3ccccn3)n2C)sc2c1CCC2. The van der Waals surface area contributed by atoms with Crippen molar-refractivity contribution in [1.82, 2.24) is 19.7 Å². The summed E-state index contributed by atoms with van der Waals surface area (Å²) in [5, 5.41) is 12.4. The number of thiophene rings is 1. The standard InChI is InChI=1S/C20H21N5O3S2/c1-3-28-19(27)16-12-7-6-9-14(12)30-18(16)22-15(26)11-29-20-24-23-17(25(20)2)13-8-4-5-10-21-13/h4-5,8,10H,3,6-7,9,11H2,1-2H3,(H,22,26). The van der Waals surface area contributed by atoms with E-state index in [4.69, 9.17) is 4.74 Å². The minimum atomic E-state index is -0.367. The molecule has 10 heteroatoms. The van der Waals surface area contributed by atoms with Gasteiger partial charge in [-0.25, -0.2) is 4.79 Å². The fourth-order valence-electron chi connectivity index (χ4n) is 3.36. The van der Waals surface area contributed by atoms with Crippen LogP contribution in [0.2, 0.25) is 0 Å². The molecule has 0 aliphatic heterocycles. The molecule has 0 saturated heterocycles. The van der Waals surface area contributed by atoms with Gasteiger partial charge in [0, 0.05) is 18.1 Å². The van der Waals surface area contributed by atoms with Crippen molar-refractivity contribution < 1.29 is 14.3 Å². The van der Waals surface area contributed by atoms with Gasteiger partial charge in [0.2, 0.25) is 5.91 Å². The first-order valence-corrected chi connectivity index (χ1v) is 11.4. The van der Waals surface area contributed by atoms with E-state index < -0.39 is 0 Å². The molecule has 0 spiro atoms. The van der Waals surface area contributed by atoms with Crippen LogP contribution in [0.4, 0.5) is 5.00 Å². The van der Waals surface area contributed by atoms with Crippen molar-refractivity contribution in [3.05, 3.63) is 40.4 Å². The highest BCUT2D eigenvalue weighted by atomic mass is 32.2. The minimum Gasteiger partial charge on any atom is -0.462 e. The van der Waals surface area contributed by atoms with E-state index >= 15 is 0 Å². The van der Waals surface area contributed by atoms with Crippen molar-refractivity contribution in [2.75, 3.05) is 17.7 Å². The first-order chi connectivity index (χ1) is 14.6. The number of hydrogen-bond acceptors (Lipinski definition) is 8. The molecule has 0 unspecified atom stereocenters. The smallest absolute Gasteiger partial charge is 0.341 e. The topological polar surface area (TPSA) is 99.0 Å². The molecule has 1 N–H and O–H groups in total. The fourth-order valence-corrected chi connectivity index (χ4v) is 5.37. The van der Waals surface area contributed by atoms with Gasteiger partial charge in [0.25, 0.3) is 0 Å². The molecule has 1 aliphatic carbocycles. The van der Waals surface area contributed by atoms with Gasteiger partial charge < -0.3 is 14.6 Å². The number of ether oxygens (including phenoxy) is 1. The second-order valence-corrected chi connectivity index (χ2v) is 8.75. The number of anilines is 1. The van der Waals surface area contributed by atoms with Crippen molar-refractivity contribution in [3.63, 3.8) is 0 Å². The Morgan fingerprint density at radius 2 is 2.17 bits per heavy atom. The number of nitrogens with zero attached hydrogens (tertiary/aromatic N) is 4. The van der Waals surface area contributed by atoms with Crippen LogP contribution >= 0.6 is 23.1 Å². The highest BCUT2D eigenvalue weighted by Gasteiger charge is 2.28. The van der Waals surface area contributed by atoms with Crippen molar-refractivity contribution in [3.8, 4) is 11.5 Å². The van der Waals surface area contributed by atoms with E-state index in [1.54, 1.807) is 13.1 Å². The predicted octanol–water partition coefficient (Wildman–Crippen LogP) is 3.33. The number of thioether (sulfide) groups is 1. The van der Waals surface area contributed by atoms with E-state index in [2.05, 4.69) is 20.5 Å². The molecule has 0 fully saturated rings. The molecule has 4 rings (SSSR count). The van der Waals surface area contributed by atoms with E-state index in [-0.39, 0.29) is 17.6 Å². The third-order valence-corrected chi connectivity index (χ3v) is 6.94. The summed E-state index contributed by atoms with van der Waals surface area (Å²) < 4.78 is 7.02. The average Bonchev–Trinajstić information content (AvgIpc) is 3.42. The Labute approximate surface area is 182 Å². The third kappa shape index (κ3) is 4.10. The molecule has 30 heavy (non-hydrogen) atoms. The molecule has 0 radical (unpaired) electrons. The second kappa shape index (κ2) is 8.97. The monoisotopic (exact) mass is 443 g/mol. The minimum absolute atomic E-state index is 0.152. The number of nitrogens with one attached hydrogen (secondary N) is 1. The van der Waals surface area contributed by atoms with Gasteiger partial charge in [-0.1, -0.05) is 17.8 Å². The Balaban J connectivity index is 1.44. The van der Waals surface area contributed by atoms with Crippen LogP contribution in [0.5, 0.6) is 0 Å². The molecule has 8 nitrogen and oxygen atoms in total. The number of aromatic nitrogens is 4. The van der Waals surface area contributed by atoms with Crippen LogP contribution in [-0.4, -0.2) is 44.0 Å². The lowest BCUT2D eigenvalue weighted by Crippen LogP contribution is -2.17. The summed E-state index contributed by atoms with van der Waals surface area (Å²) in [6.07, 6.45) is 4.51. The summed E-state index contributed by atoms with van der Waals surface area (Å²) in [5.41, 5.74) is 2.26. The van der Waals surface area contributed by atoms with Gasteiger partial charge in [0.15, 0.2) is 11.0 Å². The van der Waals surface area contributed by atoms with Gasteiger partial charge in [-0.3, -0.25) is 9.78 Å². The number of carbonyl (C=O) groups is 2. The molecule has 1 amide bonds. The van der Waals surface area contributed by atoms with E-state index in [1.807, 2.05) is 29.8 Å². The van der Waals surface area contributed by atoms with Gasteiger partial charge >= 0.3 is 5.97 Å². The number of rotatable bonds is 7. The summed E-state index contributed by atoms with van der Waals surface area (Å²) in [4.78, 5) is 30.5. The molecule has 0 atom stereocenters. The number of hydrogen-bond donors (Lipinski definition) is 1. The lowest BCUT2D eigenvalue weighted by Gasteiger charge is -2.08. The molecular weight excluding hydrogens is 422 g/mol. The van der Waals surface area contributed by atoms with Crippen LogP contribution in [-0.2, 0) is 29.4 Å². The Kier molecular flexibility index (Phi) is 6.14. The van der Waals surface area contributed by atoms with Gasteiger partial charge in [-0.05, 0) is 43.9 Å². The zero-order valence-electron chi connectivity index (χ0n) is 16.7. The summed E-state index contributed by atoms with van der Waals surface area (Å²) in [7, 11) is 1.84. The molecule has 3 aromatic heterocycles. The number of fused-ring (bicyclic) bond motifs is 1. The Morgan fingerprint density at radius 3 is 2.93 bits per heavy atom. The van der Waals surface area contributed by atoms with Crippen molar-refractivity contribution >= 4 is 40.0 Å². The van der Waals surface area contributed by atoms with Crippen molar-refractivity contribution in [2.45, 2.75) is 31.3 Å². The number of pyridine rings is 1. The van der Waals surface area contributed by atoms with Crippen LogP contribution in [0, 0.1) is 0 Å². The summed E-state index contributed by atoms with van der Waals surface area (Å²) in [5.74, 6) is 0.220. The Hall–Kier alpha value is -2.72. The maximum absolute atomic E-state index is 12.6. The number of esters is 1. The fraction of sp³-hybridized carbons (Fsp3) is 0.350. The van der Waals surface area contributed by atoms with Crippen LogP contribution in [0.1, 0.15) is 34.1 Å². The molecular formula is C20H21N5O3S2. The van der Waals surface area contributed by atoms with E-state index in [1.165, 1.54) is 23.1 Å². The number of aryl methyl sites for hydroxylation is 1. The highest BCUT2D eigenvalue weighted by Crippen LogP contribution is 2.39. The molecule has 3 aromatic rings. The van der Waals surface area contributed by atoms with E-state index in [0.717, 1.165) is 35.4 Å². The first-order valence-electron chi connectivity index (χ1n) is 9.63. The van der Waals surface area contributed by atoms with Gasteiger partial charge in [0.05, 0.1) is 17.9 Å². The number of amides is 1. The largest absolute Gasteiger partial charge is 0.462 e. The molecule has 3 heterocycles. The summed E-state index contributed by atoms with van der Waals surface area (Å²) in [6, 6.07) is 5.58. The molecule has 0 aromatic carbocycles. The molecule has 1 aliphatic rings. The molecule has 0 bridgehead atoms. The quantitative estimate of drug-likeness (QED) is 0.442. The van der Waals surface area contributed by atoms with Crippen LogP contribution in [0.15, 0.2) is 29.6 Å². The second-order valence-electron chi connectivity index (χ2n) is 6.70. The van der Waals surface area contributed by atoms with Crippen molar-refractivity contribution in [2.24, 2.45) is 7.05 Å². The molecule has 0 saturated carbocycles. The van der Waals surface area contributed by atoms with E-state index in [0.29, 0.717) is 28.2 Å². The average molecular weight is 444 g/mol. The maximum Gasteiger partial charge on any atom is 0.341 e. The van der Waals surface area contributed by atoms with E-state index in [9.17, 15) is 9.59 Å². The maximum atomic E-state index is 12.6. The predicted molar refractivity (Wildman–Crippen MR) is 116 cm³/mol. The van der Waals surface area contributed by atoms with Gasteiger partial charge in [0.1, 0.15) is 10.7 Å². The third-order valence-electron chi connectivity index (χ3n) is 4.72. The zero-order chi connectivity index (χ0) is 21.1. The van der Waals surface area contributed by atoms with Crippen molar-refractivity contribution in [1.29, 1.82) is 0 Å². The normalized spacial score (nSPS) is 12.6. The van der Waals surface area contributed by atoms with Gasteiger partial charge in [-0.15, -0.1) is 21.5 Å². The zero-order valence-corrected chi connectivity index (χ0v) is 18.3. The number of carbonyl (C=O) groups excluding carboxylic acids is 2. The Morgan fingerprint density at radius 1 is 1.30 bits per heavy atom. The van der Waals surface area contributed by atoms with Crippen LogP contribution in [0.3, 0.4) is 0 Å². The van der Waals surface area contributed by atoms with Crippen LogP contribution < -0.4 is 5.32 Å². The summed E-state index contributed by atoms with van der Waals surface area (Å²) in [6.45, 7) is 2.08. The van der Waals surface area contributed by atoms with Crippen LogP contribution in [0.25, 0.3) is 11.5 Å². The lowest BCUT2D eigenvalue weighted by atomic mass is 10.1. The molecule has 156 valence electrons.